The molecular weight excluding hydrogens is 363 g/mol. The van der Waals surface area contributed by atoms with Crippen molar-refractivity contribution in [2.75, 3.05) is 0 Å². The zero-order valence-corrected chi connectivity index (χ0v) is 17.0. The Bertz CT molecular complexity index is 1550. The normalized spacial score (nSPS) is 13.5. The van der Waals surface area contributed by atoms with Crippen LogP contribution in [0.25, 0.3) is 32.8 Å². The van der Waals surface area contributed by atoms with E-state index in [1.807, 2.05) is 0 Å². The van der Waals surface area contributed by atoms with Crippen molar-refractivity contribution in [3.8, 4) is 11.3 Å². The summed E-state index contributed by atoms with van der Waals surface area (Å²) in [5.41, 5.74) is 11.9. The molecule has 2 aliphatic rings. The quantitative estimate of drug-likeness (QED) is 0.373. The first kappa shape index (κ1) is 16.4. The van der Waals surface area contributed by atoms with Crippen LogP contribution in [0.3, 0.4) is 0 Å². The third-order valence-corrected chi connectivity index (χ3v) is 7.14. The molecule has 140 valence electrons. The SMILES string of the molecule is Cc1cc2ccccc2c2c1B1c3c(ncnc3-c3cccc4ccc(C)c1c34)C2. The fraction of sp³-hybridized carbons (Fsp3) is 0.111. The van der Waals surface area contributed by atoms with Gasteiger partial charge in [-0.25, -0.2) is 9.97 Å². The van der Waals surface area contributed by atoms with Gasteiger partial charge < -0.3 is 0 Å². The van der Waals surface area contributed by atoms with Gasteiger partial charge in [0.05, 0.1) is 5.69 Å². The van der Waals surface area contributed by atoms with Crippen molar-refractivity contribution in [1.29, 1.82) is 0 Å². The highest BCUT2D eigenvalue weighted by molar-refractivity contribution is 7.00. The number of aryl methyl sites for hydroxylation is 2. The molecule has 0 unspecified atom stereocenters. The largest absolute Gasteiger partial charge is 0.248 e. The number of aromatic nitrogens is 2. The molecule has 0 spiro atoms. The number of benzene rings is 4. The van der Waals surface area contributed by atoms with Crippen molar-refractivity contribution in [2.24, 2.45) is 0 Å². The maximum Gasteiger partial charge on any atom is 0.248 e. The van der Waals surface area contributed by atoms with Gasteiger partial charge in [-0.1, -0.05) is 82.7 Å². The highest BCUT2D eigenvalue weighted by Gasteiger charge is 2.41. The third-order valence-electron chi connectivity index (χ3n) is 7.14. The van der Waals surface area contributed by atoms with Gasteiger partial charge in [0.15, 0.2) is 0 Å². The molecule has 4 aromatic carbocycles. The molecule has 0 saturated carbocycles. The molecule has 5 aromatic rings. The lowest BCUT2D eigenvalue weighted by molar-refractivity contribution is 1.05. The van der Waals surface area contributed by atoms with Gasteiger partial charge in [0.25, 0.3) is 0 Å². The molecule has 0 saturated heterocycles. The second kappa shape index (κ2) is 5.57. The zero-order valence-electron chi connectivity index (χ0n) is 17.0. The summed E-state index contributed by atoms with van der Waals surface area (Å²) >= 11 is 0. The number of nitrogens with zero attached hydrogens (tertiary/aromatic N) is 2. The summed E-state index contributed by atoms with van der Waals surface area (Å²) in [4.78, 5) is 9.62. The summed E-state index contributed by atoms with van der Waals surface area (Å²) in [5.74, 6) is 0. The number of hydrogen-bond donors (Lipinski definition) is 0. The lowest BCUT2D eigenvalue weighted by Crippen LogP contribution is -2.61. The van der Waals surface area contributed by atoms with E-state index in [1.54, 1.807) is 6.33 Å². The minimum atomic E-state index is 0.197. The average molecular weight is 382 g/mol. The molecule has 0 aliphatic carbocycles. The van der Waals surface area contributed by atoms with Crippen molar-refractivity contribution in [3.63, 3.8) is 0 Å². The Kier molecular flexibility index (Phi) is 3.04. The van der Waals surface area contributed by atoms with Crippen LogP contribution in [0.2, 0.25) is 0 Å². The van der Waals surface area contributed by atoms with Crippen molar-refractivity contribution in [3.05, 3.63) is 89.4 Å². The molecule has 2 nitrogen and oxygen atoms in total. The first-order valence-corrected chi connectivity index (χ1v) is 10.6. The van der Waals surface area contributed by atoms with E-state index in [9.17, 15) is 0 Å². The maximum absolute atomic E-state index is 4.82. The van der Waals surface area contributed by atoms with Crippen LogP contribution in [0.15, 0.2) is 67.0 Å². The Morgan fingerprint density at radius 2 is 1.63 bits per heavy atom. The fourth-order valence-electron chi connectivity index (χ4n) is 5.96. The van der Waals surface area contributed by atoms with E-state index in [2.05, 4.69) is 74.5 Å². The summed E-state index contributed by atoms with van der Waals surface area (Å²) in [6, 6.07) is 22.3. The molecule has 30 heavy (non-hydrogen) atoms. The van der Waals surface area contributed by atoms with E-state index >= 15 is 0 Å². The van der Waals surface area contributed by atoms with Gasteiger partial charge in [-0.05, 0) is 46.4 Å². The highest BCUT2D eigenvalue weighted by Crippen LogP contribution is 2.34. The van der Waals surface area contributed by atoms with Gasteiger partial charge in [-0.2, -0.15) is 0 Å². The Morgan fingerprint density at radius 1 is 0.767 bits per heavy atom. The van der Waals surface area contributed by atoms with E-state index in [4.69, 9.17) is 9.97 Å². The van der Waals surface area contributed by atoms with Gasteiger partial charge >= 0.3 is 0 Å². The summed E-state index contributed by atoms with van der Waals surface area (Å²) in [6.07, 6.45) is 2.63. The van der Waals surface area contributed by atoms with E-state index in [-0.39, 0.29) is 6.71 Å². The van der Waals surface area contributed by atoms with Crippen LogP contribution in [0.4, 0.5) is 0 Å². The van der Waals surface area contributed by atoms with Crippen molar-refractivity contribution in [1.82, 2.24) is 9.97 Å². The Labute approximate surface area is 175 Å². The molecule has 3 heterocycles. The molecule has 0 bridgehead atoms. The highest BCUT2D eigenvalue weighted by atomic mass is 14.8. The van der Waals surface area contributed by atoms with Gasteiger partial charge in [0.1, 0.15) is 6.33 Å². The second-order valence-corrected chi connectivity index (χ2v) is 8.70. The predicted octanol–water partition coefficient (Wildman–Crippen LogP) is 3.80. The molecule has 0 fully saturated rings. The van der Waals surface area contributed by atoms with Crippen molar-refractivity contribution < 1.29 is 0 Å². The monoisotopic (exact) mass is 382 g/mol. The number of fused-ring (bicyclic) bond motifs is 6. The van der Waals surface area contributed by atoms with E-state index < -0.39 is 0 Å². The second-order valence-electron chi connectivity index (χ2n) is 8.70. The van der Waals surface area contributed by atoms with Crippen LogP contribution in [0.5, 0.6) is 0 Å². The number of hydrogen-bond acceptors (Lipinski definition) is 2. The molecule has 1 aromatic heterocycles. The smallest absolute Gasteiger partial charge is 0.242 e. The van der Waals surface area contributed by atoms with E-state index in [1.165, 1.54) is 65.9 Å². The standard InChI is InChI=1S/C27H19BN2/c1-15-10-11-17-7-5-9-20-23(17)25(15)28-24-16(2)12-18-6-3-4-8-19(18)21(24)13-22-26(28)27(20)30-14-29-22/h3-12,14H,13H2,1-2H3. The zero-order chi connectivity index (χ0) is 20.0. The third kappa shape index (κ3) is 1.90. The average Bonchev–Trinajstić information content (AvgIpc) is 2.77. The van der Waals surface area contributed by atoms with Crippen LogP contribution in [-0.2, 0) is 6.42 Å². The first-order chi connectivity index (χ1) is 14.7. The lowest BCUT2D eigenvalue weighted by atomic mass is 9.30. The van der Waals surface area contributed by atoms with Gasteiger partial charge in [0, 0.05) is 17.7 Å². The minimum Gasteiger partial charge on any atom is -0.242 e. The van der Waals surface area contributed by atoms with Crippen LogP contribution in [-0.4, -0.2) is 16.7 Å². The van der Waals surface area contributed by atoms with Crippen molar-refractivity contribution in [2.45, 2.75) is 20.3 Å². The van der Waals surface area contributed by atoms with Crippen LogP contribution >= 0.6 is 0 Å². The van der Waals surface area contributed by atoms with Crippen molar-refractivity contribution >= 4 is 44.6 Å². The molecule has 0 amide bonds. The number of rotatable bonds is 0. The predicted molar refractivity (Wildman–Crippen MR) is 126 cm³/mol. The van der Waals surface area contributed by atoms with Gasteiger partial charge in [-0.3, -0.25) is 0 Å². The summed E-state index contributed by atoms with van der Waals surface area (Å²) in [7, 11) is 0. The molecular formula is C27H19BN2. The van der Waals surface area contributed by atoms with Gasteiger partial charge in [0.2, 0.25) is 6.71 Å². The molecule has 0 N–H and O–H groups in total. The summed E-state index contributed by atoms with van der Waals surface area (Å²) in [5, 5.41) is 5.33. The van der Waals surface area contributed by atoms with E-state index in [0.29, 0.717) is 0 Å². The Hall–Kier alpha value is -3.46. The lowest BCUT2D eigenvalue weighted by Gasteiger charge is -2.35. The van der Waals surface area contributed by atoms with Gasteiger partial charge in [-0.15, -0.1) is 0 Å². The molecule has 0 radical (unpaired) electrons. The molecule has 7 rings (SSSR count). The molecule has 2 aliphatic heterocycles. The topological polar surface area (TPSA) is 25.8 Å². The Morgan fingerprint density at radius 3 is 2.57 bits per heavy atom. The minimum absolute atomic E-state index is 0.197. The fourth-order valence-corrected chi connectivity index (χ4v) is 5.96. The maximum atomic E-state index is 4.82. The molecule has 3 heteroatoms. The van der Waals surface area contributed by atoms with E-state index in [0.717, 1.165) is 12.1 Å². The van der Waals surface area contributed by atoms with Crippen LogP contribution < -0.4 is 16.4 Å². The first-order valence-electron chi connectivity index (χ1n) is 10.6. The van der Waals surface area contributed by atoms with Crippen LogP contribution in [0, 0.1) is 13.8 Å². The molecule has 0 atom stereocenters. The Balaban J connectivity index is 1.72. The van der Waals surface area contributed by atoms with Crippen LogP contribution in [0.1, 0.15) is 22.4 Å². The summed E-state index contributed by atoms with van der Waals surface area (Å²) < 4.78 is 0. The summed E-state index contributed by atoms with van der Waals surface area (Å²) in [6.45, 7) is 4.73.